The largest absolute Gasteiger partial charge is 0.334 e. The van der Waals surface area contributed by atoms with E-state index >= 15 is 0 Å². The first kappa shape index (κ1) is 20.8. The quantitative estimate of drug-likeness (QED) is 0.789. The van der Waals surface area contributed by atoms with Crippen LogP contribution in [-0.2, 0) is 17.0 Å². The minimum absolute atomic E-state index is 0.0487. The highest BCUT2D eigenvalue weighted by atomic mass is 32.2. The Kier molecular flexibility index (Phi) is 6.64. The van der Waals surface area contributed by atoms with Crippen LogP contribution in [0.15, 0.2) is 29.4 Å². The number of carbonyl (C=O) groups excluding carboxylic acids is 1. The third-order valence-electron chi connectivity index (χ3n) is 5.22. The Bertz CT molecular complexity index is 934. The van der Waals surface area contributed by atoms with Gasteiger partial charge in [-0.2, -0.15) is 0 Å². The van der Waals surface area contributed by atoms with Crippen molar-refractivity contribution in [3.8, 4) is 0 Å². The van der Waals surface area contributed by atoms with Gasteiger partial charge in [-0.15, -0.1) is 0 Å². The summed E-state index contributed by atoms with van der Waals surface area (Å²) in [5, 5.41) is 7.22. The van der Waals surface area contributed by atoms with E-state index < -0.39 is 0 Å². The van der Waals surface area contributed by atoms with E-state index in [9.17, 15) is 4.79 Å². The van der Waals surface area contributed by atoms with E-state index in [1.807, 2.05) is 11.1 Å². The Balaban J connectivity index is 1.50. The maximum Gasteiger partial charge on any atom is 0.278 e. The number of nitrogens with zero attached hydrogens (tertiary/aromatic N) is 4. The molecule has 1 aromatic carbocycles. The molecule has 2 aliphatic rings. The molecule has 0 radical (unpaired) electrons. The van der Waals surface area contributed by atoms with Gasteiger partial charge in [-0.25, -0.2) is 9.97 Å². The first-order valence-electron chi connectivity index (χ1n) is 10.5. The molecule has 8 heteroatoms. The highest BCUT2D eigenvalue weighted by Gasteiger charge is 2.23. The second-order valence-electron chi connectivity index (χ2n) is 7.79. The van der Waals surface area contributed by atoms with E-state index in [4.69, 9.17) is 4.98 Å². The minimum Gasteiger partial charge on any atom is -0.334 e. The van der Waals surface area contributed by atoms with Crippen LogP contribution in [0, 0.1) is 13.8 Å². The molecule has 2 aliphatic heterocycles. The van der Waals surface area contributed by atoms with Gasteiger partial charge in [0.2, 0.25) is 5.95 Å². The van der Waals surface area contributed by atoms with Gasteiger partial charge in [-0.05, 0) is 55.5 Å². The molecule has 0 unspecified atom stereocenters. The van der Waals surface area contributed by atoms with Crippen molar-refractivity contribution in [2.24, 2.45) is 4.99 Å². The Hall–Kier alpha value is -2.45. The summed E-state index contributed by atoms with van der Waals surface area (Å²) in [4.78, 5) is 28.7. The highest BCUT2D eigenvalue weighted by Crippen LogP contribution is 2.23. The van der Waals surface area contributed by atoms with Gasteiger partial charge in [0.05, 0.1) is 5.69 Å². The van der Waals surface area contributed by atoms with Crippen molar-refractivity contribution in [3.63, 3.8) is 0 Å². The van der Waals surface area contributed by atoms with Gasteiger partial charge in [-0.1, -0.05) is 17.8 Å². The molecule has 158 valence electrons. The number of aromatic nitrogens is 2. The Morgan fingerprint density at radius 3 is 2.70 bits per heavy atom. The van der Waals surface area contributed by atoms with Crippen LogP contribution in [0.3, 0.4) is 0 Å². The molecule has 0 spiro atoms. The molecular formula is C22H28N6OS. The lowest BCUT2D eigenvalue weighted by Gasteiger charge is -2.27. The van der Waals surface area contributed by atoms with Crippen molar-refractivity contribution in [1.82, 2.24) is 20.2 Å². The lowest BCUT2D eigenvalue weighted by atomic mass is 10.1. The molecule has 7 nitrogen and oxygen atoms in total. The monoisotopic (exact) mass is 424 g/mol. The van der Waals surface area contributed by atoms with Gasteiger partial charge < -0.3 is 15.5 Å². The van der Waals surface area contributed by atoms with Gasteiger partial charge in [0, 0.05) is 50.4 Å². The number of nitrogens with one attached hydrogen (secondary N) is 2. The van der Waals surface area contributed by atoms with E-state index in [1.165, 1.54) is 22.9 Å². The van der Waals surface area contributed by atoms with E-state index in [-0.39, 0.29) is 5.91 Å². The fraction of sp³-hybridized carbons (Fsp3) is 0.455. The van der Waals surface area contributed by atoms with Crippen LogP contribution in [0.4, 0.5) is 11.6 Å². The summed E-state index contributed by atoms with van der Waals surface area (Å²) in [5.74, 6) is 1.26. The number of piperazine rings is 1. The molecule has 0 bridgehead atoms. The summed E-state index contributed by atoms with van der Waals surface area (Å²) < 4.78 is 0. The Morgan fingerprint density at radius 2 is 1.93 bits per heavy atom. The van der Waals surface area contributed by atoms with Crippen molar-refractivity contribution in [2.75, 3.05) is 38.0 Å². The van der Waals surface area contributed by atoms with Crippen LogP contribution in [0.5, 0.6) is 0 Å². The maximum absolute atomic E-state index is 12.9. The smallest absolute Gasteiger partial charge is 0.278 e. The van der Waals surface area contributed by atoms with Crippen molar-refractivity contribution in [3.05, 3.63) is 46.8 Å². The number of aryl methyl sites for hydroxylation is 3. The predicted octanol–water partition coefficient (Wildman–Crippen LogP) is 2.85. The number of benzene rings is 1. The highest BCUT2D eigenvalue weighted by molar-refractivity contribution is 8.15. The number of anilines is 2. The normalized spacial score (nSPS) is 19.0. The zero-order chi connectivity index (χ0) is 20.9. The van der Waals surface area contributed by atoms with Crippen LogP contribution >= 0.6 is 11.8 Å². The number of thioether (sulfide) groups is 1. The van der Waals surface area contributed by atoms with Crippen LogP contribution in [-0.4, -0.2) is 58.5 Å². The first-order chi connectivity index (χ1) is 14.6. The average Bonchev–Trinajstić information content (AvgIpc) is 2.83. The third-order valence-corrected chi connectivity index (χ3v) is 6.22. The van der Waals surface area contributed by atoms with Crippen LogP contribution in [0.25, 0.3) is 0 Å². The van der Waals surface area contributed by atoms with Crippen LogP contribution < -0.4 is 10.6 Å². The van der Waals surface area contributed by atoms with Crippen molar-refractivity contribution in [1.29, 1.82) is 0 Å². The van der Waals surface area contributed by atoms with E-state index in [0.717, 1.165) is 56.0 Å². The molecule has 1 saturated heterocycles. The molecule has 1 amide bonds. The zero-order valence-corrected chi connectivity index (χ0v) is 18.4. The average molecular weight is 425 g/mol. The van der Waals surface area contributed by atoms with E-state index in [0.29, 0.717) is 23.3 Å². The number of rotatable bonds is 3. The summed E-state index contributed by atoms with van der Waals surface area (Å²) in [5.41, 5.74) is 5.49. The topological polar surface area (TPSA) is 82.5 Å². The van der Waals surface area contributed by atoms with Crippen molar-refractivity contribution >= 4 is 34.3 Å². The summed E-state index contributed by atoms with van der Waals surface area (Å²) in [6, 6.07) is 6.32. The van der Waals surface area contributed by atoms with Gasteiger partial charge in [0.15, 0.2) is 5.04 Å². The summed E-state index contributed by atoms with van der Waals surface area (Å²) >= 11 is 1.50. The fourth-order valence-electron chi connectivity index (χ4n) is 3.78. The van der Waals surface area contributed by atoms with Crippen LogP contribution in [0.1, 0.15) is 28.8 Å². The molecule has 30 heavy (non-hydrogen) atoms. The van der Waals surface area contributed by atoms with E-state index in [2.05, 4.69) is 52.7 Å². The zero-order valence-electron chi connectivity index (χ0n) is 17.6. The number of aliphatic imine (C=N–C) groups is 1. The number of amides is 1. The number of fused-ring (bicyclic) bond motifs is 1. The molecule has 0 aliphatic carbocycles. The van der Waals surface area contributed by atoms with Crippen LogP contribution in [0.2, 0.25) is 0 Å². The Labute approximate surface area is 181 Å². The molecule has 3 heterocycles. The standard InChI is InChI=1S/C22H28N6OS/c1-15-10-16(2)12-18(11-15)26-22-25-13-17-4-3-5-24-20(30-14-19(17)27-22)21(29)28-8-6-23-7-9-28/h10-13,23H,3-9,14H2,1-2H3,(H,25,26,27)/b24-20-. The molecule has 2 aromatic rings. The molecule has 4 rings (SSSR count). The van der Waals surface area contributed by atoms with Gasteiger partial charge >= 0.3 is 0 Å². The number of hydrogen-bond donors (Lipinski definition) is 2. The second kappa shape index (κ2) is 9.57. The maximum atomic E-state index is 12.9. The first-order valence-corrected chi connectivity index (χ1v) is 11.4. The predicted molar refractivity (Wildman–Crippen MR) is 123 cm³/mol. The minimum atomic E-state index is 0.0487. The molecule has 0 atom stereocenters. The second-order valence-corrected chi connectivity index (χ2v) is 8.75. The molecule has 1 aromatic heterocycles. The van der Waals surface area contributed by atoms with Gasteiger partial charge in [0.1, 0.15) is 0 Å². The fourth-order valence-corrected chi connectivity index (χ4v) is 4.74. The number of carbonyl (C=O) groups is 1. The van der Waals surface area contributed by atoms with Crippen molar-refractivity contribution in [2.45, 2.75) is 32.4 Å². The molecule has 1 fully saturated rings. The van der Waals surface area contributed by atoms with E-state index in [1.54, 1.807) is 0 Å². The molecule has 2 N–H and O–H groups in total. The van der Waals surface area contributed by atoms with Crippen molar-refractivity contribution < 1.29 is 4.79 Å². The summed E-state index contributed by atoms with van der Waals surface area (Å²) in [6.45, 7) is 7.97. The summed E-state index contributed by atoms with van der Waals surface area (Å²) in [7, 11) is 0. The third kappa shape index (κ3) is 5.17. The lowest BCUT2D eigenvalue weighted by Crippen LogP contribution is -2.48. The number of hydrogen-bond acceptors (Lipinski definition) is 7. The lowest BCUT2D eigenvalue weighted by molar-refractivity contribution is -0.124. The Morgan fingerprint density at radius 1 is 1.17 bits per heavy atom. The molecular weight excluding hydrogens is 396 g/mol. The summed E-state index contributed by atoms with van der Waals surface area (Å²) in [6.07, 6.45) is 3.68. The SMILES string of the molecule is Cc1cc(C)cc(Nc2ncc3c(n2)CS/C(C(=O)N2CCNCC2)=N\CCC3)c1. The molecule has 0 saturated carbocycles. The van der Waals surface area contributed by atoms with Gasteiger partial charge in [-0.3, -0.25) is 9.79 Å². The van der Waals surface area contributed by atoms with Gasteiger partial charge in [0.25, 0.3) is 5.91 Å².